The van der Waals surface area contributed by atoms with E-state index in [9.17, 15) is 5.11 Å². The highest BCUT2D eigenvalue weighted by Crippen LogP contribution is 2.19. The molecule has 5 heteroatoms. The number of aliphatic hydroxyl groups is 1. The first kappa shape index (κ1) is 21.1. The third-order valence-corrected chi connectivity index (χ3v) is 5.54. The Balaban J connectivity index is 1.40. The van der Waals surface area contributed by atoms with Crippen molar-refractivity contribution in [1.82, 2.24) is 10.6 Å². The molecule has 3 rings (SSSR count). The van der Waals surface area contributed by atoms with Crippen molar-refractivity contribution in [3.63, 3.8) is 0 Å². The summed E-state index contributed by atoms with van der Waals surface area (Å²) in [5.41, 5.74) is 2.09. The van der Waals surface area contributed by atoms with Gasteiger partial charge in [-0.05, 0) is 80.6 Å². The van der Waals surface area contributed by atoms with Crippen molar-refractivity contribution in [1.29, 1.82) is 0 Å². The molecule has 1 fully saturated rings. The number of nitrogens with one attached hydrogen (secondary N) is 2. The molecule has 1 heterocycles. The lowest BCUT2D eigenvalue weighted by atomic mass is 9.99. The maximum Gasteiger partial charge on any atom is 0.119 e. The molecule has 2 atom stereocenters. The zero-order valence-electron chi connectivity index (χ0n) is 16.5. The van der Waals surface area contributed by atoms with Crippen LogP contribution in [-0.2, 0) is 6.42 Å². The van der Waals surface area contributed by atoms with Crippen molar-refractivity contribution in [2.45, 2.75) is 38.3 Å². The van der Waals surface area contributed by atoms with Crippen molar-refractivity contribution < 1.29 is 9.84 Å². The molecule has 1 aliphatic heterocycles. The van der Waals surface area contributed by atoms with Crippen LogP contribution in [0.25, 0.3) is 0 Å². The van der Waals surface area contributed by atoms with Gasteiger partial charge in [-0.25, -0.2) is 0 Å². The van der Waals surface area contributed by atoms with Crippen molar-refractivity contribution in [2.24, 2.45) is 5.92 Å². The molecule has 4 nitrogen and oxygen atoms in total. The molecule has 28 heavy (non-hydrogen) atoms. The van der Waals surface area contributed by atoms with Gasteiger partial charge in [0.15, 0.2) is 0 Å². The largest absolute Gasteiger partial charge is 0.493 e. The number of rotatable bonds is 9. The second kappa shape index (κ2) is 10.8. The van der Waals surface area contributed by atoms with E-state index in [2.05, 4.69) is 41.8 Å². The number of ether oxygens (including phenoxy) is 1. The molecule has 0 saturated carbocycles. The van der Waals surface area contributed by atoms with Gasteiger partial charge < -0.3 is 20.5 Å². The monoisotopic (exact) mass is 402 g/mol. The van der Waals surface area contributed by atoms with Crippen LogP contribution in [0.1, 0.15) is 37.0 Å². The minimum atomic E-state index is -0.563. The molecule has 0 bridgehead atoms. The summed E-state index contributed by atoms with van der Waals surface area (Å²) in [7, 11) is 0. The molecule has 0 spiro atoms. The van der Waals surface area contributed by atoms with Gasteiger partial charge in [-0.15, -0.1) is 0 Å². The van der Waals surface area contributed by atoms with Crippen molar-refractivity contribution >= 4 is 11.6 Å². The summed E-state index contributed by atoms with van der Waals surface area (Å²) < 4.78 is 5.96. The molecular weight excluding hydrogens is 372 g/mol. The van der Waals surface area contributed by atoms with Gasteiger partial charge in [0.05, 0.1) is 12.7 Å². The molecule has 1 saturated heterocycles. The molecule has 0 radical (unpaired) electrons. The summed E-state index contributed by atoms with van der Waals surface area (Å²) in [6.45, 7) is 5.64. The quantitative estimate of drug-likeness (QED) is 0.594. The average Bonchev–Trinajstić information content (AvgIpc) is 2.72. The standard InChI is InChI=1S/C23H31ClN2O2/c1-17(26-15-23(27)20-3-2-4-21(24)14-20)13-18-5-7-22(8-6-18)28-16-19-9-11-25-12-10-19/h2-8,14,17,19,23,25-27H,9-13,15-16H2,1H3. The van der Waals surface area contributed by atoms with Crippen LogP contribution in [0, 0.1) is 5.92 Å². The van der Waals surface area contributed by atoms with Crippen LogP contribution in [0.15, 0.2) is 48.5 Å². The van der Waals surface area contributed by atoms with E-state index in [0.717, 1.165) is 37.4 Å². The maximum absolute atomic E-state index is 10.3. The van der Waals surface area contributed by atoms with Crippen molar-refractivity contribution in [3.8, 4) is 5.75 Å². The number of benzene rings is 2. The van der Waals surface area contributed by atoms with E-state index in [4.69, 9.17) is 16.3 Å². The summed E-state index contributed by atoms with van der Waals surface area (Å²) in [6.07, 6.45) is 2.73. The summed E-state index contributed by atoms with van der Waals surface area (Å²) in [6, 6.07) is 16.0. The number of piperidine rings is 1. The molecule has 2 unspecified atom stereocenters. The number of halogens is 1. The Hall–Kier alpha value is -1.59. The Kier molecular flexibility index (Phi) is 8.16. The predicted molar refractivity (Wildman–Crippen MR) is 115 cm³/mol. The maximum atomic E-state index is 10.3. The molecular formula is C23H31ClN2O2. The molecule has 152 valence electrons. The summed E-state index contributed by atoms with van der Waals surface area (Å²) >= 11 is 5.99. The Morgan fingerprint density at radius 1 is 1.18 bits per heavy atom. The Bertz CT molecular complexity index is 717. The van der Waals surface area contributed by atoms with Crippen LogP contribution in [-0.4, -0.2) is 37.4 Å². The molecule has 2 aromatic rings. The topological polar surface area (TPSA) is 53.5 Å². The average molecular weight is 403 g/mol. The van der Waals surface area contributed by atoms with Crippen LogP contribution in [0.2, 0.25) is 5.02 Å². The van der Waals surface area contributed by atoms with E-state index in [1.54, 1.807) is 6.07 Å². The van der Waals surface area contributed by atoms with Gasteiger partial charge in [0.25, 0.3) is 0 Å². The Morgan fingerprint density at radius 3 is 2.64 bits per heavy atom. The smallest absolute Gasteiger partial charge is 0.119 e. The normalized spacial score (nSPS) is 17.2. The van der Waals surface area contributed by atoms with E-state index < -0.39 is 6.10 Å². The van der Waals surface area contributed by atoms with Gasteiger partial charge >= 0.3 is 0 Å². The highest BCUT2D eigenvalue weighted by Gasteiger charge is 2.14. The minimum Gasteiger partial charge on any atom is -0.493 e. The van der Waals surface area contributed by atoms with Crippen LogP contribution >= 0.6 is 11.6 Å². The minimum absolute atomic E-state index is 0.260. The van der Waals surface area contributed by atoms with E-state index in [1.165, 1.54) is 18.4 Å². The third-order valence-electron chi connectivity index (χ3n) is 5.30. The van der Waals surface area contributed by atoms with E-state index >= 15 is 0 Å². The Labute approximate surface area is 173 Å². The van der Waals surface area contributed by atoms with Gasteiger partial charge in [0.2, 0.25) is 0 Å². The van der Waals surface area contributed by atoms with E-state index in [1.807, 2.05) is 18.2 Å². The fourth-order valence-corrected chi connectivity index (χ4v) is 3.75. The predicted octanol–water partition coefficient (Wildman–Crippen LogP) is 3.97. The van der Waals surface area contributed by atoms with Crippen LogP contribution < -0.4 is 15.4 Å². The molecule has 0 aromatic heterocycles. The first-order valence-corrected chi connectivity index (χ1v) is 10.6. The molecule has 1 aliphatic rings. The van der Waals surface area contributed by atoms with Gasteiger partial charge in [0.1, 0.15) is 5.75 Å². The third kappa shape index (κ3) is 6.78. The first-order chi connectivity index (χ1) is 13.6. The number of hydrogen-bond acceptors (Lipinski definition) is 4. The van der Waals surface area contributed by atoms with Gasteiger partial charge in [-0.3, -0.25) is 0 Å². The second-order valence-corrected chi connectivity index (χ2v) is 8.17. The summed E-state index contributed by atoms with van der Waals surface area (Å²) in [4.78, 5) is 0. The lowest BCUT2D eigenvalue weighted by Crippen LogP contribution is -2.32. The molecule has 0 amide bonds. The summed E-state index contributed by atoms with van der Waals surface area (Å²) in [5, 5.41) is 17.8. The fraction of sp³-hybridized carbons (Fsp3) is 0.478. The van der Waals surface area contributed by atoms with Crippen molar-refractivity contribution in [2.75, 3.05) is 26.2 Å². The zero-order chi connectivity index (χ0) is 19.8. The lowest BCUT2D eigenvalue weighted by Gasteiger charge is -2.22. The van der Waals surface area contributed by atoms with Crippen LogP contribution in [0.4, 0.5) is 0 Å². The molecule has 2 aromatic carbocycles. The van der Waals surface area contributed by atoms with E-state index in [-0.39, 0.29) is 6.04 Å². The second-order valence-electron chi connectivity index (χ2n) is 7.73. The van der Waals surface area contributed by atoms with Gasteiger partial charge in [-0.2, -0.15) is 0 Å². The van der Waals surface area contributed by atoms with Crippen LogP contribution in [0.5, 0.6) is 5.75 Å². The van der Waals surface area contributed by atoms with Crippen LogP contribution in [0.3, 0.4) is 0 Å². The van der Waals surface area contributed by atoms with Gasteiger partial charge in [0, 0.05) is 17.6 Å². The van der Waals surface area contributed by atoms with Crippen molar-refractivity contribution in [3.05, 3.63) is 64.7 Å². The molecule has 0 aliphatic carbocycles. The molecule has 3 N–H and O–H groups in total. The van der Waals surface area contributed by atoms with E-state index in [0.29, 0.717) is 17.5 Å². The highest BCUT2D eigenvalue weighted by molar-refractivity contribution is 6.30. The van der Waals surface area contributed by atoms with Gasteiger partial charge in [-0.1, -0.05) is 35.9 Å². The SMILES string of the molecule is CC(Cc1ccc(OCC2CCNCC2)cc1)NCC(O)c1cccc(Cl)c1. The first-order valence-electron chi connectivity index (χ1n) is 10.2. The zero-order valence-corrected chi connectivity index (χ0v) is 17.3. The fourth-order valence-electron chi connectivity index (χ4n) is 3.55. The number of hydrogen-bond donors (Lipinski definition) is 3. The number of aliphatic hydroxyl groups excluding tert-OH is 1. The Morgan fingerprint density at radius 2 is 1.93 bits per heavy atom. The summed E-state index contributed by atoms with van der Waals surface area (Å²) in [5.74, 6) is 1.61. The lowest BCUT2D eigenvalue weighted by molar-refractivity contribution is 0.170. The highest BCUT2D eigenvalue weighted by atomic mass is 35.5.